The lowest BCUT2D eigenvalue weighted by molar-refractivity contribution is -0.143. The van der Waals surface area contributed by atoms with Crippen molar-refractivity contribution in [2.24, 2.45) is 23.5 Å². The molecule has 0 radical (unpaired) electrons. The van der Waals surface area contributed by atoms with E-state index >= 15 is 0 Å². The predicted molar refractivity (Wildman–Crippen MR) is 292 cm³/mol. The minimum Gasteiger partial charge on any atom is -0.508 e. The Morgan fingerprint density at radius 3 is 1.95 bits per heavy atom. The molecule has 6 N–H and O–H groups in total. The Morgan fingerprint density at radius 1 is 0.800 bits per heavy atom. The molecule has 3 rings (SSSR count). The summed E-state index contributed by atoms with van der Waals surface area (Å²) in [5.74, 6) is -1.07. The Labute approximate surface area is 452 Å². The molecule has 1 aromatic carbocycles. The number of ether oxygens (including phenoxy) is 7. The van der Waals surface area contributed by atoms with E-state index in [4.69, 9.17) is 43.9 Å². The third-order valence-electron chi connectivity index (χ3n) is 13.3. The molecule has 7 unspecified atom stereocenters. The van der Waals surface area contributed by atoms with E-state index in [9.17, 15) is 24.3 Å². The molecule has 1 fully saturated rings. The van der Waals surface area contributed by atoms with Crippen LogP contribution in [0.2, 0.25) is 0 Å². The average molecular weight is 1080 g/mol. The van der Waals surface area contributed by atoms with Crippen molar-refractivity contribution in [2.45, 2.75) is 137 Å². The molecule has 0 bridgehead atoms. The molecule has 4 amide bonds. The Kier molecular flexibility index (Phi) is 33.8. The Morgan fingerprint density at radius 2 is 1.40 bits per heavy atom. The topological polar surface area (TPSA) is 235 Å². The van der Waals surface area contributed by atoms with Crippen LogP contribution in [0.1, 0.15) is 127 Å². The van der Waals surface area contributed by atoms with Gasteiger partial charge in [0.05, 0.1) is 85.3 Å². The second-order valence-corrected chi connectivity index (χ2v) is 20.7. The normalized spacial score (nSPS) is 16.5. The van der Waals surface area contributed by atoms with Crippen LogP contribution in [-0.4, -0.2) is 187 Å². The van der Waals surface area contributed by atoms with Gasteiger partial charge in [0.2, 0.25) is 17.7 Å². The number of phenolic OH excluding ortho intramolecular Hbond substituents is 1. The van der Waals surface area contributed by atoms with Crippen LogP contribution in [0.15, 0.2) is 29.6 Å². The summed E-state index contributed by atoms with van der Waals surface area (Å²) in [6.07, 6.45) is 5.77. The minimum atomic E-state index is -0.671. The Balaban J connectivity index is 1.57. The first-order valence-corrected chi connectivity index (χ1v) is 28.5. The molecular formula is C55H95N7O12S. The molecule has 2 heterocycles. The van der Waals surface area contributed by atoms with Crippen molar-refractivity contribution in [3.63, 3.8) is 0 Å². The lowest BCUT2D eigenvalue weighted by atomic mass is 9.92. The van der Waals surface area contributed by atoms with Crippen LogP contribution in [-0.2, 0) is 54.0 Å². The van der Waals surface area contributed by atoms with Gasteiger partial charge in [0, 0.05) is 56.0 Å². The van der Waals surface area contributed by atoms with Gasteiger partial charge in [-0.2, -0.15) is 0 Å². The Bertz CT molecular complexity index is 1860. The van der Waals surface area contributed by atoms with E-state index < -0.39 is 24.1 Å². The van der Waals surface area contributed by atoms with E-state index in [2.05, 4.69) is 41.6 Å². The van der Waals surface area contributed by atoms with Gasteiger partial charge in [0.1, 0.15) is 28.6 Å². The SMILES string of the molecule is CCCOC(CC(C(C)C)N(CCC)C(=O)C(NC(=O)C1CCCCN1C)C(C)CC)c1nc(C(=O)NC(Cc2ccc(O)cc2)CC(C)C(=O)NCCOCCOCCOCCOCCOCCOCCN)cs1. The number of carbonyl (C=O) groups excluding carboxylic acids is 4. The number of carbonyl (C=O) groups is 4. The Hall–Kier alpha value is -3.83. The number of nitrogens with one attached hydrogen (secondary N) is 3. The van der Waals surface area contributed by atoms with Crippen LogP contribution in [0, 0.1) is 17.8 Å². The second-order valence-electron chi connectivity index (χ2n) is 19.8. The van der Waals surface area contributed by atoms with Crippen LogP contribution >= 0.6 is 11.3 Å². The quantitative estimate of drug-likeness (QED) is 0.0515. The summed E-state index contributed by atoms with van der Waals surface area (Å²) in [6.45, 7) is 22.2. The highest BCUT2D eigenvalue weighted by atomic mass is 32.1. The number of hydrogen-bond acceptors (Lipinski definition) is 16. The summed E-state index contributed by atoms with van der Waals surface area (Å²) in [6, 6.07) is 5.19. The van der Waals surface area contributed by atoms with Crippen molar-refractivity contribution in [1.29, 1.82) is 0 Å². The molecule has 0 aliphatic carbocycles. The van der Waals surface area contributed by atoms with Crippen molar-refractivity contribution in [2.75, 3.05) is 119 Å². The highest BCUT2D eigenvalue weighted by Crippen LogP contribution is 2.32. The number of hydrogen-bond donors (Lipinski definition) is 5. The second kappa shape index (κ2) is 38.7. The lowest BCUT2D eigenvalue weighted by Gasteiger charge is -2.40. The fourth-order valence-electron chi connectivity index (χ4n) is 8.83. The fourth-order valence-corrected chi connectivity index (χ4v) is 9.68. The zero-order chi connectivity index (χ0) is 54.8. The van der Waals surface area contributed by atoms with Gasteiger partial charge in [-0.05, 0) is 81.6 Å². The summed E-state index contributed by atoms with van der Waals surface area (Å²) in [5.41, 5.74) is 6.50. The number of piperidine rings is 1. The summed E-state index contributed by atoms with van der Waals surface area (Å²) in [4.78, 5) is 64.8. The maximum atomic E-state index is 14.8. The zero-order valence-electron chi connectivity index (χ0n) is 46.7. The molecule has 1 saturated heterocycles. The minimum absolute atomic E-state index is 0.0468. The fraction of sp³-hybridized carbons (Fsp3) is 0.764. The molecule has 428 valence electrons. The number of thiazole rings is 1. The molecule has 1 aliphatic rings. The smallest absolute Gasteiger partial charge is 0.270 e. The molecule has 19 nitrogen and oxygen atoms in total. The number of rotatable bonds is 42. The van der Waals surface area contributed by atoms with Crippen LogP contribution in [0.25, 0.3) is 0 Å². The van der Waals surface area contributed by atoms with Crippen LogP contribution < -0.4 is 21.7 Å². The number of aromatic nitrogens is 1. The van der Waals surface area contributed by atoms with Crippen molar-refractivity contribution < 1.29 is 57.4 Å². The molecule has 1 aliphatic heterocycles. The van der Waals surface area contributed by atoms with Gasteiger partial charge in [0.25, 0.3) is 5.91 Å². The third kappa shape index (κ3) is 25.5. The van der Waals surface area contributed by atoms with Crippen molar-refractivity contribution >= 4 is 35.0 Å². The third-order valence-corrected chi connectivity index (χ3v) is 14.2. The first kappa shape index (κ1) is 65.5. The van der Waals surface area contributed by atoms with Gasteiger partial charge < -0.3 is 64.8 Å². The number of nitrogens with zero attached hydrogens (tertiary/aromatic N) is 3. The van der Waals surface area contributed by atoms with Crippen LogP contribution in [0.5, 0.6) is 5.75 Å². The predicted octanol–water partition coefficient (Wildman–Crippen LogP) is 5.53. The summed E-state index contributed by atoms with van der Waals surface area (Å²) in [7, 11) is 1.98. The van der Waals surface area contributed by atoms with Crippen molar-refractivity contribution in [1.82, 2.24) is 30.7 Å². The van der Waals surface area contributed by atoms with Gasteiger partial charge in [-0.25, -0.2) is 4.98 Å². The van der Waals surface area contributed by atoms with E-state index in [1.165, 1.54) is 11.3 Å². The maximum absolute atomic E-state index is 14.8. The number of amides is 4. The molecule has 0 spiro atoms. The van der Waals surface area contributed by atoms with Gasteiger partial charge in [-0.15, -0.1) is 11.3 Å². The average Bonchev–Trinajstić information content (AvgIpc) is 3.90. The number of benzene rings is 1. The number of likely N-dealkylation sites (N-methyl/N-ethyl adjacent to an activating group) is 1. The molecule has 0 saturated carbocycles. The highest BCUT2D eigenvalue weighted by molar-refractivity contribution is 7.09. The lowest BCUT2D eigenvalue weighted by Crippen LogP contribution is -2.58. The van der Waals surface area contributed by atoms with Crippen molar-refractivity contribution in [3.8, 4) is 5.75 Å². The number of nitrogens with two attached hydrogens (primary N) is 1. The van der Waals surface area contributed by atoms with E-state index in [1.54, 1.807) is 29.6 Å². The summed E-state index contributed by atoms with van der Waals surface area (Å²) >= 11 is 1.35. The summed E-state index contributed by atoms with van der Waals surface area (Å²) in [5, 5.41) is 21.6. The van der Waals surface area contributed by atoms with Gasteiger partial charge in [-0.1, -0.05) is 73.4 Å². The van der Waals surface area contributed by atoms with Crippen molar-refractivity contribution in [3.05, 3.63) is 45.9 Å². The molecule has 2 aromatic rings. The first-order chi connectivity index (χ1) is 36.2. The van der Waals surface area contributed by atoms with Gasteiger partial charge in [0.15, 0.2) is 0 Å². The molecule has 7 atom stereocenters. The number of aromatic hydroxyl groups is 1. The van der Waals surface area contributed by atoms with Gasteiger partial charge in [-0.3, -0.25) is 24.1 Å². The van der Waals surface area contributed by atoms with Crippen LogP contribution in [0.4, 0.5) is 0 Å². The molecule has 1 aromatic heterocycles. The van der Waals surface area contributed by atoms with Gasteiger partial charge >= 0.3 is 0 Å². The van der Waals surface area contributed by atoms with Crippen LogP contribution in [0.3, 0.4) is 0 Å². The van der Waals surface area contributed by atoms with E-state index in [0.717, 1.165) is 50.6 Å². The standard InChI is InChI=1S/C55H95N7O12S/c1-9-21-62(55(67)50(41(6)11-3)60-53(66)47-14-12-13-22-61(47)8)48(40(4)5)38-49(74-23-10-2)54-59-46(39-75-54)52(65)58-44(37-43-15-17-45(63)18-16-43)36-42(7)51(64)57-20-25-69-27-29-71-31-33-73-35-34-72-32-30-70-28-26-68-24-19-56/h15-18,39-42,44,47-50,63H,9-14,19-38,56H2,1-8H3,(H,57,64)(H,58,65)(H,60,66). The van der Waals surface area contributed by atoms with E-state index in [1.807, 2.05) is 39.6 Å². The first-order valence-electron chi connectivity index (χ1n) is 27.6. The largest absolute Gasteiger partial charge is 0.508 e. The summed E-state index contributed by atoms with van der Waals surface area (Å²) < 4.78 is 39.4. The highest BCUT2D eigenvalue weighted by Gasteiger charge is 2.38. The molecular weight excluding hydrogens is 983 g/mol. The monoisotopic (exact) mass is 1080 g/mol. The molecule has 20 heteroatoms. The number of likely N-dealkylation sites (tertiary alicyclic amines) is 1. The zero-order valence-corrected chi connectivity index (χ0v) is 47.5. The number of phenols is 1. The van der Waals surface area contributed by atoms with E-state index in [-0.39, 0.29) is 59.0 Å². The molecule has 75 heavy (non-hydrogen) atoms. The van der Waals surface area contributed by atoms with E-state index in [0.29, 0.717) is 130 Å². The maximum Gasteiger partial charge on any atom is 0.270 e.